The molecule has 0 saturated carbocycles. The number of halogens is 1. The van der Waals surface area contributed by atoms with Crippen molar-refractivity contribution in [2.75, 3.05) is 81.0 Å². The molecule has 5 N–H and O–H groups in total. The minimum absolute atomic E-state index is 0.0364. The first kappa shape index (κ1) is 62.1. The summed E-state index contributed by atoms with van der Waals surface area (Å²) in [5.41, 5.74) is 14.6. The number of methoxy groups -OCH3 is 4. The van der Waals surface area contributed by atoms with Gasteiger partial charge in [-0.05, 0) is 150 Å². The zero-order chi connectivity index (χ0) is 60.5. The highest BCUT2D eigenvalue weighted by Crippen LogP contribution is 2.39. The number of morpholine rings is 2. The molecule has 19 nitrogen and oxygen atoms in total. The van der Waals surface area contributed by atoms with E-state index in [0.717, 1.165) is 110 Å². The number of carbonyl (C=O) groups is 2. The number of nitrogens with zero attached hydrogens (tertiary/aromatic N) is 4. The van der Waals surface area contributed by atoms with Gasteiger partial charge in [-0.1, -0.05) is 0 Å². The smallest absolute Gasteiger partial charge is 0.336 e. The van der Waals surface area contributed by atoms with Crippen molar-refractivity contribution >= 4 is 34.7 Å². The van der Waals surface area contributed by atoms with Crippen molar-refractivity contribution < 1.29 is 43.1 Å². The van der Waals surface area contributed by atoms with Crippen molar-refractivity contribution in [2.45, 2.75) is 80.6 Å². The van der Waals surface area contributed by atoms with E-state index in [0.29, 0.717) is 72.5 Å². The number of aromatic nitrogens is 4. The van der Waals surface area contributed by atoms with E-state index in [1.54, 1.807) is 34.5 Å². The zero-order valence-electron chi connectivity index (χ0n) is 50.0. The molecular formula is C64H77ClN8O11. The number of amides is 1. The van der Waals surface area contributed by atoms with Crippen molar-refractivity contribution in [1.29, 1.82) is 0 Å². The van der Waals surface area contributed by atoms with Crippen LogP contribution in [-0.2, 0) is 22.6 Å². The molecule has 20 heteroatoms. The summed E-state index contributed by atoms with van der Waals surface area (Å²) in [4.78, 5) is 62.2. The van der Waals surface area contributed by atoms with Gasteiger partial charge in [0.15, 0.2) is 0 Å². The van der Waals surface area contributed by atoms with Gasteiger partial charge in [-0.3, -0.25) is 24.2 Å². The van der Waals surface area contributed by atoms with Gasteiger partial charge in [0.25, 0.3) is 17.0 Å². The van der Waals surface area contributed by atoms with Crippen LogP contribution in [0.3, 0.4) is 0 Å². The zero-order valence-corrected chi connectivity index (χ0v) is 50.8. The van der Waals surface area contributed by atoms with E-state index in [1.807, 2.05) is 102 Å². The minimum Gasteiger partial charge on any atom is -0.497 e. The van der Waals surface area contributed by atoms with Gasteiger partial charge < -0.3 is 57.6 Å². The number of pyridine rings is 4. The lowest BCUT2D eigenvalue weighted by atomic mass is 10.0. The molecule has 0 radical (unpaired) electrons. The molecule has 2 aromatic carbocycles. The maximum absolute atomic E-state index is 13.7. The number of nitrogens with one attached hydrogen (secondary N) is 4. The average molecular weight is 1170 g/mol. The summed E-state index contributed by atoms with van der Waals surface area (Å²) < 4.78 is 37.4. The highest BCUT2D eigenvalue weighted by molar-refractivity contribution is 6.13. The van der Waals surface area contributed by atoms with Crippen LogP contribution in [0.5, 0.6) is 23.0 Å². The number of carboxylic acids is 1. The quantitative estimate of drug-likeness (QED) is 0.0570. The number of aromatic amines is 2. The molecule has 0 bridgehead atoms. The van der Waals surface area contributed by atoms with E-state index in [4.69, 9.17) is 40.2 Å². The molecule has 446 valence electrons. The van der Waals surface area contributed by atoms with Crippen LogP contribution in [-0.4, -0.2) is 127 Å². The Labute approximate surface area is 494 Å². The van der Waals surface area contributed by atoms with Gasteiger partial charge in [0.05, 0.1) is 60.4 Å². The Morgan fingerprint density at radius 3 is 1.40 bits per heavy atom. The molecule has 2 atom stereocenters. The molecule has 0 aliphatic carbocycles. The second-order valence-corrected chi connectivity index (χ2v) is 21.4. The van der Waals surface area contributed by atoms with Crippen LogP contribution < -0.4 is 40.2 Å². The number of H-pyrrole nitrogens is 2. The Morgan fingerprint density at radius 1 is 0.595 bits per heavy atom. The lowest BCUT2D eigenvalue weighted by Crippen LogP contribution is -2.39. The third kappa shape index (κ3) is 13.7. The van der Waals surface area contributed by atoms with E-state index in [-0.39, 0.29) is 35.7 Å². The molecule has 8 aromatic rings. The third-order valence-electron chi connectivity index (χ3n) is 15.9. The number of hydrogen-bond donors (Lipinski definition) is 5. The van der Waals surface area contributed by atoms with Gasteiger partial charge in [-0.2, -0.15) is 0 Å². The van der Waals surface area contributed by atoms with E-state index in [1.165, 1.54) is 0 Å². The Kier molecular flexibility index (Phi) is 20.5. The van der Waals surface area contributed by atoms with Crippen molar-refractivity contribution in [3.8, 4) is 45.3 Å². The molecule has 2 fully saturated rings. The monoisotopic (exact) mass is 1170 g/mol. The van der Waals surface area contributed by atoms with Crippen LogP contribution in [0.25, 0.3) is 33.3 Å². The lowest BCUT2D eigenvalue weighted by Gasteiger charge is -2.34. The minimum atomic E-state index is -0.916. The number of fused-ring (bicyclic) bond motifs is 2. The summed E-state index contributed by atoms with van der Waals surface area (Å²) in [6.45, 7) is 22.2. The third-order valence-corrected chi connectivity index (χ3v) is 16.1. The van der Waals surface area contributed by atoms with Gasteiger partial charge in [-0.15, -0.1) is 0 Å². The molecule has 2 saturated heterocycles. The topological polar surface area (TPSA) is 215 Å². The highest BCUT2D eigenvalue weighted by Gasteiger charge is 2.28. The molecule has 1 amide bonds. The normalized spacial score (nSPS) is 14.4. The molecule has 2 aliphatic heterocycles. The first-order chi connectivity index (χ1) is 40.3. The number of hydrogen-bond acceptors (Lipinski definition) is 13. The Balaban J connectivity index is 0.000000188. The maximum atomic E-state index is 13.7. The molecule has 0 spiro atoms. The predicted molar refractivity (Wildman–Crippen MR) is 327 cm³/mol. The number of carbonyl (C=O) groups excluding carboxylic acids is 1. The van der Waals surface area contributed by atoms with E-state index >= 15 is 0 Å². The van der Waals surface area contributed by atoms with Crippen LogP contribution in [0.2, 0.25) is 0 Å². The van der Waals surface area contributed by atoms with Crippen molar-refractivity contribution in [3.05, 3.63) is 173 Å². The number of benzene rings is 2. The Morgan fingerprint density at radius 2 is 1.01 bits per heavy atom. The number of aromatic carboxylic acids is 1. The SMILES string of the molecule is COc1ccc(-c2cc3cc(C(=O)NCc4c(C)cc(C)[nH]c4=O)c(C)c(C(C)N4CCOCC4)n3c2)c(OC)c1.COc1ccc(-c2cc3cc(C(=O)O)c(C)c(C(C)N4CCOCC4)n3c2)c(OC)c1.Cc1cc(C)c(CNCl)c(=O)[nH]1. The first-order valence-electron chi connectivity index (χ1n) is 27.9. The summed E-state index contributed by atoms with van der Waals surface area (Å²) in [5.74, 6) is 1.71. The molecule has 8 heterocycles. The summed E-state index contributed by atoms with van der Waals surface area (Å²) in [5, 5.41) is 12.8. The van der Waals surface area contributed by atoms with Crippen molar-refractivity contribution in [3.63, 3.8) is 0 Å². The van der Waals surface area contributed by atoms with Crippen LogP contribution in [0.1, 0.15) is 103 Å². The second-order valence-electron chi connectivity index (χ2n) is 21.1. The number of ether oxygens (including phenoxy) is 6. The van der Waals surface area contributed by atoms with Crippen LogP contribution in [0, 0.1) is 41.5 Å². The van der Waals surface area contributed by atoms with Gasteiger partial charge >= 0.3 is 5.97 Å². The summed E-state index contributed by atoms with van der Waals surface area (Å²) in [6.07, 6.45) is 4.17. The standard InChI is InChI=1S/C32H38N4O5.C24H28N2O5.C8H11ClN2O/c1-19-13-20(2)34-32(38)28(19)17-33-31(37)27-15-24-14-23(26-8-7-25(39-5)16-29(26)40-6)18-36(24)30(21(27)3)22(4)35-9-11-41-12-10-35;1-15-21(24(27)28)12-18-11-17(20-6-5-19(29-3)13-22(20)30-4)14-26(18)23(15)16(2)25-7-9-31-10-8-25;1-5-3-6(2)11-8(12)7(5)4-10-9/h7-8,13-16,18,22H,9-12,17H2,1-6H3,(H,33,37)(H,34,38);5-6,11-14,16H,7-10H2,1-4H3,(H,27,28);3,10H,4H2,1-2H3,(H,11,12). The molecular weight excluding hydrogens is 1090 g/mol. The van der Waals surface area contributed by atoms with Gasteiger partial charge in [0.2, 0.25) is 0 Å². The Bertz CT molecular complexity index is 3800. The largest absolute Gasteiger partial charge is 0.497 e. The van der Waals surface area contributed by atoms with Crippen molar-refractivity contribution in [1.82, 2.24) is 38.7 Å². The highest BCUT2D eigenvalue weighted by atomic mass is 35.5. The van der Waals surface area contributed by atoms with E-state index < -0.39 is 5.97 Å². The first-order valence-corrected chi connectivity index (χ1v) is 28.3. The van der Waals surface area contributed by atoms with E-state index in [9.17, 15) is 24.3 Å². The fraction of sp³-hybridized carbons (Fsp3) is 0.375. The lowest BCUT2D eigenvalue weighted by molar-refractivity contribution is 0.0186. The number of aryl methyl sites for hydroxylation is 4. The Hall–Kier alpha value is -7.91. The van der Waals surface area contributed by atoms with Gasteiger partial charge in [-0.25, -0.2) is 9.63 Å². The summed E-state index contributed by atoms with van der Waals surface area (Å²) in [7, 11) is 6.53. The van der Waals surface area contributed by atoms with Crippen LogP contribution in [0.15, 0.2) is 94.8 Å². The molecule has 10 rings (SSSR count). The molecule has 2 unspecified atom stereocenters. The molecule has 2 aliphatic rings. The maximum Gasteiger partial charge on any atom is 0.336 e. The fourth-order valence-electron chi connectivity index (χ4n) is 11.4. The number of rotatable bonds is 16. The summed E-state index contributed by atoms with van der Waals surface area (Å²) >= 11 is 5.32. The van der Waals surface area contributed by atoms with Gasteiger partial charge in [0.1, 0.15) is 23.0 Å². The predicted octanol–water partition coefficient (Wildman–Crippen LogP) is 9.82. The molecule has 6 aromatic heterocycles. The van der Waals surface area contributed by atoms with Gasteiger partial charge in [0, 0.05) is 149 Å². The van der Waals surface area contributed by atoms with Crippen molar-refractivity contribution in [2.24, 2.45) is 0 Å². The fourth-order valence-corrected chi connectivity index (χ4v) is 11.5. The number of carboxylic acid groups (broad SMARTS) is 1. The van der Waals surface area contributed by atoms with E-state index in [2.05, 4.69) is 71.0 Å². The average Bonchev–Trinajstić information content (AvgIpc) is 2.04. The van der Waals surface area contributed by atoms with Crippen LogP contribution in [0.4, 0.5) is 0 Å². The van der Waals surface area contributed by atoms with Crippen LogP contribution >= 0.6 is 11.8 Å². The molecule has 84 heavy (non-hydrogen) atoms. The second kappa shape index (κ2) is 27.7. The summed E-state index contributed by atoms with van der Waals surface area (Å²) in [6, 6.07) is 23.1.